The fourth-order valence-electron chi connectivity index (χ4n) is 4.43. The highest BCUT2D eigenvalue weighted by molar-refractivity contribution is 7.16. The largest absolute Gasteiger partial charge is 0.378 e. The van der Waals surface area contributed by atoms with Crippen molar-refractivity contribution in [1.82, 2.24) is 9.47 Å². The zero-order valence-electron chi connectivity index (χ0n) is 18.9. The van der Waals surface area contributed by atoms with Gasteiger partial charge in [-0.2, -0.15) is 5.10 Å². The maximum Gasteiger partial charge on any atom is 0.270 e. The van der Waals surface area contributed by atoms with Crippen LogP contribution in [0.3, 0.4) is 0 Å². The predicted octanol–water partition coefficient (Wildman–Crippen LogP) is 4.50. The Morgan fingerprint density at radius 2 is 1.94 bits per heavy atom. The SMILES string of the molecule is Cn1/c(=N/N=C\C2=C(N3CCOCC3)C(=C/c3cccc([N+](=O)[O-])c3)/CC2)sc2ccccc21. The number of rotatable bonds is 5. The van der Waals surface area contributed by atoms with E-state index in [1.54, 1.807) is 23.5 Å². The monoisotopic (exact) mass is 475 g/mol. The Labute approximate surface area is 201 Å². The van der Waals surface area contributed by atoms with Gasteiger partial charge in [0, 0.05) is 38.0 Å². The van der Waals surface area contributed by atoms with Gasteiger partial charge in [-0.15, -0.1) is 5.10 Å². The number of morpholine rings is 1. The van der Waals surface area contributed by atoms with E-state index in [1.807, 2.05) is 31.5 Å². The maximum atomic E-state index is 11.2. The zero-order chi connectivity index (χ0) is 23.5. The summed E-state index contributed by atoms with van der Waals surface area (Å²) in [5.74, 6) is 0. The van der Waals surface area contributed by atoms with Crippen LogP contribution in [0.4, 0.5) is 5.69 Å². The second-order valence-corrected chi connectivity index (χ2v) is 9.26. The smallest absolute Gasteiger partial charge is 0.270 e. The Morgan fingerprint density at radius 1 is 1.12 bits per heavy atom. The molecule has 5 rings (SSSR count). The van der Waals surface area contributed by atoms with Crippen molar-refractivity contribution in [3.05, 3.63) is 85.9 Å². The first-order chi connectivity index (χ1) is 16.6. The van der Waals surface area contributed by atoms with E-state index >= 15 is 0 Å². The Kier molecular flexibility index (Phi) is 6.37. The predicted molar refractivity (Wildman–Crippen MR) is 135 cm³/mol. The van der Waals surface area contributed by atoms with Crippen LogP contribution in [-0.2, 0) is 11.8 Å². The van der Waals surface area contributed by atoms with Gasteiger partial charge in [-0.3, -0.25) is 10.1 Å². The van der Waals surface area contributed by atoms with Gasteiger partial charge in [0.25, 0.3) is 5.69 Å². The highest BCUT2D eigenvalue weighted by Crippen LogP contribution is 2.35. The second-order valence-electron chi connectivity index (χ2n) is 8.25. The third-order valence-corrected chi connectivity index (χ3v) is 7.20. The number of para-hydroxylation sites is 1. The highest BCUT2D eigenvalue weighted by Gasteiger charge is 2.25. The van der Waals surface area contributed by atoms with Crippen LogP contribution in [0.1, 0.15) is 18.4 Å². The molecule has 0 spiro atoms. The molecular formula is C25H25N5O3S. The summed E-state index contributed by atoms with van der Waals surface area (Å²) in [5, 5.41) is 20.2. The first-order valence-corrected chi connectivity index (χ1v) is 12.0. The normalized spacial score (nSPS) is 18.7. The minimum Gasteiger partial charge on any atom is -0.378 e. The van der Waals surface area contributed by atoms with Gasteiger partial charge in [-0.25, -0.2) is 0 Å². The molecule has 2 aromatic carbocycles. The van der Waals surface area contributed by atoms with E-state index in [9.17, 15) is 10.1 Å². The molecule has 34 heavy (non-hydrogen) atoms. The molecule has 1 saturated heterocycles. The molecule has 0 bridgehead atoms. The lowest BCUT2D eigenvalue weighted by Gasteiger charge is -2.31. The van der Waals surface area contributed by atoms with Gasteiger partial charge in [0.1, 0.15) is 0 Å². The standard InChI is InChI=1S/C25H25N5O3S/c1-28-22-7-2-3-8-23(22)34-25(28)27-26-17-20-10-9-19(24(20)29-11-13-33-14-12-29)15-18-5-4-6-21(16-18)30(31)32/h2-8,15-17H,9-14H2,1H3/b19-15+,26-17-,27-25-. The Balaban J connectivity index is 1.50. The highest BCUT2D eigenvalue weighted by atomic mass is 32.1. The molecule has 3 aromatic rings. The van der Waals surface area contributed by atoms with Crippen LogP contribution in [-0.4, -0.2) is 46.9 Å². The first kappa shape index (κ1) is 22.2. The lowest BCUT2D eigenvalue weighted by atomic mass is 10.1. The second kappa shape index (κ2) is 9.74. The molecule has 8 nitrogen and oxygen atoms in total. The summed E-state index contributed by atoms with van der Waals surface area (Å²) in [5.41, 5.74) is 5.51. The lowest BCUT2D eigenvalue weighted by molar-refractivity contribution is -0.384. The molecule has 0 atom stereocenters. The molecule has 1 aromatic heterocycles. The molecule has 0 saturated carbocycles. The number of aryl methyl sites for hydroxylation is 1. The number of nitro groups is 1. The van der Waals surface area contributed by atoms with E-state index in [0.717, 1.165) is 58.7 Å². The molecule has 1 fully saturated rings. The quantitative estimate of drug-likeness (QED) is 0.309. The summed E-state index contributed by atoms with van der Waals surface area (Å²) in [4.78, 5) is 14.0. The van der Waals surface area contributed by atoms with Crippen molar-refractivity contribution < 1.29 is 9.66 Å². The van der Waals surface area contributed by atoms with Gasteiger partial charge in [0.2, 0.25) is 4.80 Å². The van der Waals surface area contributed by atoms with Crippen LogP contribution in [0.15, 0.2) is 75.6 Å². The van der Waals surface area contributed by atoms with E-state index in [2.05, 4.69) is 37.9 Å². The van der Waals surface area contributed by atoms with Gasteiger partial charge < -0.3 is 14.2 Å². The number of allylic oxidation sites excluding steroid dienone is 2. The summed E-state index contributed by atoms with van der Waals surface area (Å²) in [6, 6.07) is 15.0. The summed E-state index contributed by atoms with van der Waals surface area (Å²) >= 11 is 1.61. The average Bonchev–Trinajstić information content (AvgIpc) is 3.40. The van der Waals surface area contributed by atoms with Gasteiger partial charge in [0.15, 0.2) is 0 Å². The number of ether oxygens (including phenoxy) is 1. The number of fused-ring (bicyclic) bond motifs is 1. The van der Waals surface area contributed by atoms with Gasteiger partial charge in [-0.1, -0.05) is 35.6 Å². The van der Waals surface area contributed by atoms with E-state index in [0.29, 0.717) is 13.2 Å². The minimum absolute atomic E-state index is 0.0982. The van der Waals surface area contributed by atoms with Crippen molar-refractivity contribution >= 4 is 39.5 Å². The maximum absolute atomic E-state index is 11.2. The van der Waals surface area contributed by atoms with Crippen LogP contribution in [0, 0.1) is 10.1 Å². The molecule has 2 heterocycles. The summed E-state index contributed by atoms with van der Waals surface area (Å²) in [6.07, 6.45) is 5.63. The molecule has 1 aliphatic carbocycles. The topological polar surface area (TPSA) is 85.3 Å². The number of nitro benzene ring substituents is 1. The van der Waals surface area contributed by atoms with E-state index in [-0.39, 0.29) is 10.6 Å². The van der Waals surface area contributed by atoms with Crippen LogP contribution in [0.5, 0.6) is 0 Å². The lowest BCUT2D eigenvalue weighted by Crippen LogP contribution is -2.36. The number of nitrogens with zero attached hydrogens (tertiary/aromatic N) is 5. The summed E-state index contributed by atoms with van der Waals surface area (Å²) < 4.78 is 8.79. The molecule has 1 aliphatic heterocycles. The fraction of sp³-hybridized carbons (Fsp3) is 0.280. The van der Waals surface area contributed by atoms with Crippen molar-refractivity contribution in [1.29, 1.82) is 0 Å². The van der Waals surface area contributed by atoms with Crippen LogP contribution in [0.2, 0.25) is 0 Å². The van der Waals surface area contributed by atoms with Crippen molar-refractivity contribution in [3.8, 4) is 0 Å². The number of benzene rings is 2. The Bertz CT molecular complexity index is 1390. The third-order valence-electron chi connectivity index (χ3n) is 6.09. The van der Waals surface area contributed by atoms with Gasteiger partial charge >= 0.3 is 0 Å². The fourth-order valence-corrected chi connectivity index (χ4v) is 5.40. The number of non-ortho nitro benzene ring substituents is 1. The van der Waals surface area contributed by atoms with E-state index in [4.69, 9.17) is 4.74 Å². The van der Waals surface area contributed by atoms with Crippen molar-refractivity contribution in [2.75, 3.05) is 26.3 Å². The van der Waals surface area contributed by atoms with E-state index < -0.39 is 0 Å². The van der Waals surface area contributed by atoms with Crippen molar-refractivity contribution in [2.24, 2.45) is 17.3 Å². The Hall–Kier alpha value is -3.56. The Morgan fingerprint density at radius 3 is 2.74 bits per heavy atom. The number of aromatic nitrogens is 1. The molecule has 9 heteroatoms. The van der Waals surface area contributed by atoms with Crippen molar-refractivity contribution in [2.45, 2.75) is 12.8 Å². The van der Waals surface area contributed by atoms with Crippen LogP contribution < -0.4 is 4.80 Å². The number of thiazole rings is 1. The summed E-state index contributed by atoms with van der Waals surface area (Å²) in [6.45, 7) is 2.97. The molecule has 0 unspecified atom stereocenters. The molecule has 2 aliphatic rings. The number of hydrogen-bond donors (Lipinski definition) is 0. The zero-order valence-corrected chi connectivity index (χ0v) is 19.7. The summed E-state index contributed by atoms with van der Waals surface area (Å²) in [7, 11) is 2.00. The van der Waals surface area contributed by atoms with Crippen molar-refractivity contribution in [3.63, 3.8) is 0 Å². The third kappa shape index (κ3) is 4.57. The number of hydrogen-bond acceptors (Lipinski definition) is 7. The van der Waals surface area contributed by atoms with Crippen LogP contribution >= 0.6 is 11.3 Å². The van der Waals surface area contributed by atoms with Gasteiger partial charge in [0.05, 0.1) is 34.6 Å². The minimum atomic E-state index is -0.358. The first-order valence-electron chi connectivity index (χ1n) is 11.2. The van der Waals surface area contributed by atoms with Crippen LogP contribution in [0.25, 0.3) is 16.3 Å². The molecule has 0 amide bonds. The average molecular weight is 476 g/mol. The molecule has 0 N–H and O–H groups in total. The molecule has 0 radical (unpaired) electrons. The molecule has 174 valence electrons. The molecular weight excluding hydrogens is 450 g/mol. The van der Waals surface area contributed by atoms with Gasteiger partial charge in [-0.05, 0) is 47.8 Å². The van der Waals surface area contributed by atoms with E-state index in [1.165, 1.54) is 10.8 Å².